The van der Waals surface area contributed by atoms with Gasteiger partial charge >= 0.3 is 0 Å². The predicted octanol–water partition coefficient (Wildman–Crippen LogP) is 1.83. The van der Waals surface area contributed by atoms with Gasteiger partial charge in [0.2, 0.25) is 5.27 Å². The molecule has 2 rings (SSSR count). The van der Waals surface area contributed by atoms with Crippen molar-refractivity contribution in [3.63, 3.8) is 0 Å². The smallest absolute Gasteiger partial charge is 0.257 e. The predicted molar refractivity (Wildman–Crippen MR) is 70.5 cm³/mol. The molecule has 1 aliphatic rings. The van der Waals surface area contributed by atoms with Gasteiger partial charge < -0.3 is 14.6 Å². The molecule has 0 N–H and O–H groups in total. The lowest BCUT2D eigenvalue weighted by atomic mass is 9.89. The summed E-state index contributed by atoms with van der Waals surface area (Å²) in [5.74, 6) is 0.221. The number of hydrogen-bond acceptors (Lipinski definition) is 4. The van der Waals surface area contributed by atoms with Crippen molar-refractivity contribution in [1.82, 2.24) is 5.27 Å². The zero-order valence-electron chi connectivity index (χ0n) is 11.3. The van der Waals surface area contributed by atoms with Crippen LogP contribution >= 0.6 is 0 Å². The number of aromatic nitrogens is 2. The molecule has 1 heterocycles. The molecule has 6 nitrogen and oxygen atoms in total. The molecule has 1 amide bonds. The van der Waals surface area contributed by atoms with E-state index in [4.69, 9.17) is 4.52 Å². The van der Waals surface area contributed by atoms with Gasteiger partial charge in [-0.05, 0) is 12.8 Å². The fraction of sp³-hybridized carbons (Fsp3) is 0.615. The largest absolute Gasteiger partial charge is 0.588 e. The summed E-state index contributed by atoms with van der Waals surface area (Å²) in [4.78, 5) is 13.5. The molecule has 1 aromatic rings. The Balaban J connectivity index is 1.91. The van der Waals surface area contributed by atoms with Gasteiger partial charge in [0.25, 0.3) is 6.20 Å². The van der Waals surface area contributed by atoms with Crippen LogP contribution in [0.4, 0.5) is 5.88 Å². The minimum absolute atomic E-state index is 0.0539. The standard InChI is InChI=1S/C13H20N4O2/c1-3-9-16(2)17-10-12(19-15-17)14-13(18)11-7-5-4-6-8-11/h3,10-11H,1,4-9H2,2H3. The minimum Gasteiger partial charge on any atom is -0.588 e. The van der Waals surface area contributed by atoms with Crippen molar-refractivity contribution in [1.29, 1.82) is 0 Å². The summed E-state index contributed by atoms with van der Waals surface area (Å²) in [6, 6.07) is 0. The van der Waals surface area contributed by atoms with Crippen LogP contribution in [0.2, 0.25) is 0 Å². The molecule has 0 saturated heterocycles. The molecule has 0 radical (unpaired) electrons. The van der Waals surface area contributed by atoms with E-state index in [0.29, 0.717) is 6.54 Å². The highest BCUT2D eigenvalue weighted by atomic mass is 16.5. The first kappa shape index (κ1) is 13.6. The number of carbonyl (C=O) groups is 1. The van der Waals surface area contributed by atoms with Crippen molar-refractivity contribution in [2.45, 2.75) is 32.1 Å². The van der Waals surface area contributed by atoms with E-state index >= 15 is 0 Å². The van der Waals surface area contributed by atoms with E-state index < -0.39 is 0 Å². The van der Waals surface area contributed by atoms with Gasteiger partial charge in [0.1, 0.15) is 5.88 Å². The lowest BCUT2D eigenvalue weighted by Gasteiger charge is -2.26. The van der Waals surface area contributed by atoms with E-state index in [2.05, 4.69) is 17.2 Å². The maximum absolute atomic E-state index is 12.0. The molecular weight excluding hydrogens is 244 g/mol. The second-order valence-corrected chi connectivity index (χ2v) is 4.87. The van der Waals surface area contributed by atoms with Gasteiger partial charge in [-0.25, -0.2) is 0 Å². The van der Waals surface area contributed by atoms with Crippen molar-refractivity contribution < 1.29 is 14.1 Å². The summed E-state index contributed by atoms with van der Waals surface area (Å²) in [6.45, 7) is 4.28. The normalized spacial score (nSPS) is 16.1. The molecule has 0 spiro atoms. The Bertz CT molecular complexity index is 438. The van der Waals surface area contributed by atoms with Crippen LogP contribution in [0.1, 0.15) is 32.1 Å². The summed E-state index contributed by atoms with van der Waals surface area (Å²) in [6.07, 6.45) is 8.68. The van der Waals surface area contributed by atoms with Gasteiger partial charge in [0.05, 0.1) is 24.3 Å². The van der Waals surface area contributed by atoms with Crippen LogP contribution in [0, 0.1) is 5.92 Å². The third-order valence-corrected chi connectivity index (χ3v) is 3.36. The molecule has 0 aliphatic heterocycles. The molecule has 104 valence electrons. The summed E-state index contributed by atoms with van der Waals surface area (Å²) in [7, 11) is 1.84. The van der Waals surface area contributed by atoms with Gasteiger partial charge in [-0.2, -0.15) is 5.01 Å². The van der Waals surface area contributed by atoms with Gasteiger partial charge in [0.15, 0.2) is 0 Å². The number of hydrogen-bond donors (Lipinski definition) is 0. The van der Waals surface area contributed by atoms with E-state index in [1.165, 1.54) is 11.2 Å². The Labute approximate surface area is 113 Å². The third kappa shape index (κ3) is 3.56. The van der Waals surface area contributed by atoms with Gasteiger partial charge in [-0.3, -0.25) is 0 Å². The first-order valence-corrected chi connectivity index (χ1v) is 6.67. The molecule has 1 aromatic heterocycles. The molecule has 0 bridgehead atoms. The van der Waals surface area contributed by atoms with E-state index in [1.54, 1.807) is 17.3 Å². The zero-order chi connectivity index (χ0) is 13.7. The average molecular weight is 264 g/mol. The number of likely N-dealkylation sites (N-methyl/N-ethyl adjacent to an activating group) is 1. The van der Waals surface area contributed by atoms with E-state index in [1.807, 2.05) is 7.05 Å². The SMILES string of the molecule is C=CCN(C)[n+]1cc([N-]C(=O)C2CCCCC2)on1. The highest BCUT2D eigenvalue weighted by molar-refractivity contribution is 5.96. The first-order chi connectivity index (χ1) is 9.20. The van der Waals surface area contributed by atoms with Crippen LogP contribution in [-0.4, -0.2) is 24.8 Å². The maximum Gasteiger partial charge on any atom is 0.257 e. The van der Waals surface area contributed by atoms with Crippen molar-refractivity contribution >= 4 is 11.8 Å². The molecule has 1 saturated carbocycles. The van der Waals surface area contributed by atoms with Crippen LogP contribution in [0.15, 0.2) is 23.4 Å². The van der Waals surface area contributed by atoms with Crippen LogP contribution in [0.25, 0.3) is 5.32 Å². The number of amides is 1. The number of nitrogens with zero attached hydrogens (tertiary/aromatic N) is 4. The van der Waals surface area contributed by atoms with Crippen LogP contribution in [0.5, 0.6) is 0 Å². The Morgan fingerprint density at radius 2 is 2.37 bits per heavy atom. The van der Waals surface area contributed by atoms with Crippen molar-refractivity contribution in [3.05, 3.63) is 24.2 Å². The lowest BCUT2D eigenvalue weighted by molar-refractivity contribution is -0.755. The molecular formula is C13H20N4O2. The van der Waals surface area contributed by atoms with Crippen LogP contribution in [-0.2, 0) is 4.79 Å². The second-order valence-electron chi connectivity index (χ2n) is 4.87. The second kappa shape index (κ2) is 6.36. The topological polar surface area (TPSA) is 64.3 Å². The van der Waals surface area contributed by atoms with Crippen molar-refractivity contribution in [3.8, 4) is 0 Å². The molecule has 0 atom stereocenters. The Hall–Kier alpha value is -1.85. The quantitative estimate of drug-likeness (QED) is 0.601. The third-order valence-electron chi connectivity index (χ3n) is 3.36. The first-order valence-electron chi connectivity index (χ1n) is 6.67. The lowest BCUT2D eigenvalue weighted by Crippen LogP contribution is -2.56. The summed E-state index contributed by atoms with van der Waals surface area (Å²) >= 11 is 0. The van der Waals surface area contributed by atoms with Gasteiger partial charge in [-0.15, -0.1) is 6.58 Å². The Morgan fingerprint density at radius 3 is 3.05 bits per heavy atom. The molecule has 0 aromatic carbocycles. The monoisotopic (exact) mass is 264 g/mol. The molecule has 1 aliphatic carbocycles. The zero-order valence-corrected chi connectivity index (χ0v) is 11.3. The fourth-order valence-electron chi connectivity index (χ4n) is 2.26. The molecule has 19 heavy (non-hydrogen) atoms. The highest BCUT2D eigenvalue weighted by Gasteiger charge is 2.17. The van der Waals surface area contributed by atoms with Crippen LogP contribution < -0.4 is 9.80 Å². The summed E-state index contributed by atoms with van der Waals surface area (Å²) in [5.41, 5.74) is 0. The fourth-order valence-corrected chi connectivity index (χ4v) is 2.26. The van der Waals surface area contributed by atoms with E-state index in [9.17, 15) is 4.79 Å². The highest BCUT2D eigenvalue weighted by Crippen LogP contribution is 2.28. The number of rotatable bonds is 5. The summed E-state index contributed by atoms with van der Waals surface area (Å²) in [5, 5.41) is 9.60. The number of carbonyl (C=O) groups excluding carboxylic acids is 1. The van der Waals surface area contributed by atoms with E-state index in [-0.39, 0.29) is 17.7 Å². The molecule has 6 heteroatoms. The van der Waals surface area contributed by atoms with Gasteiger partial charge in [-0.1, -0.05) is 25.3 Å². The molecule has 1 fully saturated rings. The molecule has 0 unspecified atom stereocenters. The summed E-state index contributed by atoms with van der Waals surface area (Å²) < 4.78 is 5.04. The van der Waals surface area contributed by atoms with Crippen molar-refractivity contribution in [2.75, 3.05) is 18.6 Å². The average Bonchev–Trinajstić information content (AvgIpc) is 2.88. The van der Waals surface area contributed by atoms with E-state index in [0.717, 1.165) is 25.7 Å². The minimum atomic E-state index is -0.0885. The van der Waals surface area contributed by atoms with Gasteiger partial charge in [0, 0.05) is 5.92 Å². The van der Waals surface area contributed by atoms with Crippen LogP contribution in [0.3, 0.4) is 0 Å². The maximum atomic E-state index is 12.0. The Morgan fingerprint density at radius 1 is 1.63 bits per heavy atom. The van der Waals surface area contributed by atoms with Crippen molar-refractivity contribution in [2.24, 2.45) is 5.92 Å². The Kier molecular flexibility index (Phi) is 4.54.